The van der Waals surface area contributed by atoms with Crippen molar-refractivity contribution in [3.63, 3.8) is 0 Å². The van der Waals surface area contributed by atoms with Gasteiger partial charge in [0.1, 0.15) is 10.8 Å². The molecule has 1 amide bonds. The number of hydrogen-bond donors (Lipinski definition) is 2. The molecule has 0 unspecified atom stereocenters. The Balaban J connectivity index is 1.91. The topological polar surface area (TPSA) is 88.5 Å². The Hall–Kier alpha value is -2.54. The van der Waals surface area contributed by atoms with Gasteiger partial charge in [0, 0.05) is 11.9 Å². The molecule has 0 fully saturated rings. The fourth-order valence-electron chi connectivity index (χ4n) is 1.80. The number of nitrogens with one attached hydrogen (secondary N) is 1. The van der Waals surface area contributed by atoms with Gasteiger partial charge in [-0.3, -0.25) is 4.79 Å². The third kappa shape index (κ3) is 5.00. The Labute approximate surface area is 137 Å². The van der Waals surface area contributed by atoms with Gasteiger partial charge in [0.25, 0.3) is 0 Å². The number of carbonyl (C=O) groups is 2. The maximum atomic E-state index is 11.9. The van der Waals surface area contributed by atoms with Crippen LogP contribution in [0.15, 0.2) is 47.6 Å². The number of anilines is 1. The molecule has 23 heavy (non-hydrogen) atoms. The fraction of sp³-hybridized carbons (Fsp3) is 0.188. The van der Waals surface area contributed by atoms with E-state index in [1.165, 1.54) is 12.3 Å². The standard InChI is InChI=1S/C16H16N2O4S/c1-2-22-12-7-5-11(6-8-12)18-14(19)10-23-15-13(16(20)21)4-3-9-17-15/h3-9H,2,10H2,1H3,(H,18,19)(H,20,21). The first-order valence-electron chi connectivity index (χ1n) is 6.94. The number of pyridine rings is 1. The molecule has 120 valence electrons. The second kappa shape index (κ2) is 8.19. The molecule has 0 saturated heterocycles. The molecule has 2 rings (SSSR count). The Kier molecular flexibility index (Phi) is 5.99. The molecular weight excluding hydrogens is 316 g/mol. The van der Waals surface area contributed by atoms with Crippen LogP contribution >= 0.6 is 11.8 Å². The zero-order valence-corrected chi connectivity index (χ0v) is 13.3. The van der Waals surface area contributed by atoms with Crippen LogP contribution in [0.1, 0.15) is 17.3 Å². The number of nitrogens with zero attached hydrogens (tertiary/aromatic N) is 1. The molecule has 0 aliphatic heterocycles. The molecule has 0 bridgehead atoms. The van der Waals surface area contributed by atoms with Gasteiger partial charge in [-0.25, -0.2) is 9.78 Å². The summed E-state index contributed by atoms with van der Waals surface area (Å²) < 4.78 is 5.33. The minimum atomic E-state index is -1.06. The smallest absolute Gasteiger partial charge is 0.338 e. The normalized spacial score (nSPS) is 10.1. The van der Waals surface area contributed by atoms with Gasteiger partial charge in [0.05, 0.1) is 17.9 Å². The molecule has 0 spiro atoms. The number of aromatic carboxylic acids is 1. The third-order valence-corrected chi connectivity index (χ3v) is 3.80. The number of benzene rings is 1. The monoisotopic (exact) mass is 332 g/mol. The van der Waals surface area contributed by atoms with Crippen molar-refractivity contribution in [1.82, 2.24) is 4.98 Å². The van der Waals surface area contributed by atoms with Crippen LogP contribution in [-0.2, 0) is 4.79 Å². The summed E-state index contributed by atoms with van der Waals surface area (Å²) in [5.41, 5.74) is 0.741. The maximum Gasteiger partial charge on any atom is 0.338 e. The second-order valence-corrected chi connectivity index (χ2v) is 5.42. The highest BCUT2D eigenvalue weighted by Gasteiger charge is 2.12. The van der Waals surface area contributed by atoms with E-state index in [1.54, 1.807) is 30.3 Å². The summed E-state index contributed by atoms with van der Waals surface area (Å²) in [5.74, 6) is -0.488. The van der Waals surface area contributed by atoms with Gasteiger partial charge in [-0.05, 0) is 43.3 Å². The van der Waals surface area contributed by atoms with Crippen molar-refractivity contribution in [2.45, 2.75) is 11.9 Å². The molecule has 1 heterocycles. The van der Waals surface area contributed by atoms with E-state index in [0.717, 1.165) is 17.5 Å². The number of aromatic nitrogens is 1. The molecule has 0 aliphatic rings. The minimum Gasteiger partial charge on any atom is -0.494 e. The van der Waals surface area contributed by atoms with E-state index in [9.17, 15) is 9.59 Å². The van der Waals surface area contributed by atoms with Crippen LogP contribution in [-0.4, -0.2) is 34.3 Å². The predicted molar refractivity (Wildman–Crippen MR) is 88.2 cm³/mol. The van der Waals surface area contributed by atoms with Gasteiger partial charge in [-0.15, -0.1) is 0 Å². The first-order valence-corrected chi connectivity index (χ1v) is 7.92. The summed E-state index contributed by atoms with van der Waals surface area (Å²) in [5, 5.41) is 12.1. The number of rotatable bonds is 7. The predicted octanol–water partition coefficient (Wildman–Crippen LogP) is 2.91. The van der Waals surface area contributed by atoms with Crippen molar-refractivity contribution in [2.75, 3.05) is 17.7 Å². The van der Waals surface area contributed by atoms with Crippen molar-refractivity contribution >= 4 is 29.3 Å². The molecule has 2 N–H and O–H groups in total. The van der Waals surface area contributed by atoms with Gasteiger partial charge < -0.3 is 15.2 Å². The van der Waals surface area contributed by atoms with Gasteiger partial charge >= 0.3 is 5.97 Å². The molecule has 0 radical (unpaired) electrons. The lowest BCUT2D eigenvalue weighted by atomic mass is 10.3. The Morgan fingerprint density at radius 2 is 2.00 bits per heavy atom. The third-order valence-electron chi connectivity index (χ3n) is 2.79. The molecule has 6 nitrogen and oxygen atoms in total. The zero-order valence-electron chi connectivity index (χ0n) is 12.5. The summed E-state index contributed by atoms with van der Waals surface area (Å²) >= 11 is 1.09. The van der Waals surface area contributed by atoms with Gasteiger partial charge in [-0.1, -0.05) is 11.8 Å². The summed E-state index contributed by atoms with van der Waals surface area (Å²) in [4.78, 5) is 27.0. The lowest BCUT2D eigenvalue weighted by Crippen LogP contribution is -2.14. The highest BCUT2D eigenvalue weighted by Crippen LogP contribution is 2.21. The number of ether oxygens (including phenoxy) is 1. The van der Waals surface area contributed by atoms with Crippen LogP contribution in [0.2, 0.25) is 0 Å². The summed E-state index contributed by atoms with van der Waals surface area (Å²) in [6.07, 6.45) is 1.50. The lowest BCUT2D eigenvalue weighted by Gasteiger charge is -2.07. The number of carbonyl (C=O) groups excluding carboxylic acids is 1. The van der Waals surface area contributed by atoms with Crippen LogP contribution in [0.3, 0.4) is 0 Å². The van der Waals surface area contributed by atoms with E-state index in [1.807, 2.05) is 6.92 Å². The number of carboxylic acids is 1. The van der Waals surface area contributed by atoms with E-state index in [4.69, 9.17) is 9.84 Å². The largest absolute Gasteiger partial charge is 0.494 e. The molecular formula is C16H16N2O4S. The number of carboxylic acid groups (broad SMARTS) is 1. The van der Waals surface area contributed by atoms with Gasteiger partial charge in [0.2, 0.25) is 5.91 Å². The highest BCUT2D eigenvalue weighted by molar-refractivity contribution is 8.00. The summed E-state index contributed by atoms with van der Waals surface area (Å²) in [6, 6.07) is 10.0. The Morgan fingerprint density at radius 3 is 2.65 bits per heavy atom. The fourth-order valence-corrected chi connectivity index (χ4v) is 2.59. The second-order valence-electron chi connectivity index (χ2n) is 4.46. The molecule has 7 heteroatoms. The molecule has 2 aromatic rings. The van der Waals surface area contributed by atoms with Gasteiger partial charge in [-0.2, -0.15) is 0 Å². The minimum absolute atomic E-state index is 0.0739. The van der Waals surface area contributed by atoms with Crippen LogP contribution < -0.4 is 10.1 Å². The average molecular weight is 332 g/mol. The van der Waals surface area contributed by atoms with E-state index in [-0.39, 0.29) is 17.2 Å². The summed E-state index contributed by atoms with van der Waals surface area (Å²) in [7, 11) is 0. The van der Waals surface area contributed by atoms with Crippen molar-refractivity contribution in [3.8, 4) is 5.75 Å². The first kappa shape index (κ1) is 16.8. The lowest BCUT2D eigenvalue weighted by molar-refractivity contribution is -0.113. The number of thioether (sulfide) groups is 1. The number of amides is 1. The average Bonchev–Trinajstić information content (AvgIpc) is 2.55. The first-order chi connectivity index (χ1) is 11.1. The molecule has 1 aromatic heterocycles. The van der Waals surface area contributed by atoms with Crippen LogP contribution in [0.5, 0.6) is 5.75 Å². The SMILES string of the molecule is CCOc1ccc(NC(=O)CSc2ncccc2C(=O)O)cc1. The molecule has 0 aliphatic carbocycles. The van der Waals surface area contributed by atoms with Crippen molar-refractivity contribution < 1.29 is 19.4 Å². The molecule has 1 aromatic carbocycles. The van der Waals surface area contributed by atoms with Crippen molar-refractivity contribution in [3.05, 3.63) is 48.2 Å². The van der Waals surface area contributed by atoms with Crippen LogP contribution in [0, 0.1) is 0 Å². The van der Waals surface area contributed by atoms with E-state index in [0.29, 0.717) is 17.3 Å². The van der Waals surface area contributed by atoms with Crippen LogP contribution in [0.25, 0.3) is 0 Å². The van der Waals surface area contributed by atoms with E-state index < -0.39 is 5.97 Å². The van der Waals surface area contributed by atoms with Gasteiger partial charge in [0.15, 0.2) is 0 Å². The molecule has 0 saturated carbocycles. The Morgan fingerprint density at radius 1 is 1.26 bits per heavy atom. The van der Waals surface area contributed by atoms with Crippen LogP contribution in [0.4, 0.5) is 5.69 Å². The molecule has 0 atom stereocenters. The quantitative estimate of drug-likeness (QED) is 0.758. The van der Waals surface area contributed by atoms with E-state index >= 15 is 0 Å². The van der Waals surface area contributed by atoms with E-state index in [2.05, 4.69) is 10.3 Å². The summed E-state index contributed by atoms with van der Waals surface area (Å²) in [6.45, 7) is 2.48. The number of hydrogen-bond acceptors (Lipinski definition) is 5. The Bertz CT molecular complexity index is 689. The van der Waals surface area contributed by atoms with Crippen molar-refractivity contribution in [1.29, 1.82) is 0 Å². The maximum absolute atomic E-state index is 11.9. The van der Waals surface area contributed by atoms with Crippen molar-refractivity contribution in [2.24, 2.45) is 0 Å². The highest BCUT2D eigenvalue weighted by atomic mass is 32.2. The zero-order chi connectivity index (χ0) is 16.7.